The molecule has 0 bridgehead atoms. The zero-order valence-electron chi connectivity index (χ0n) is 10.8. The minimum Gasteiger partial charge on any atom is -0.423 e. The van der Waals surface area contributed by atoms with Crippen LogP contribution in [0.25, 0.3) is 11.1 Å². The first-order chi connectivity index (χ1) is 9.15. The van der Waals surface area contributed by atoms with Crippen LogP contribution >= 0.6 is 11.8 Å². The van der Waals surface area contributed by atoms with Crippen LogP contribution in [-0.4, -0.2) is 28.0 Å². The van der Waals surface area contributed by atoms with Crippen molar-refractivity contribution >= 4 is 34.6 Å². The highest BCUT2D eigenvalue weighted by molar-refractivity contribution is 7.98. The summed E-state index contributed by atoms with van der Waals surface area (Å²) in [6.45, 7) is 2.07. The zero-order chi connectivity index (χ0) is 13.8. The lowest BCUT2D eigenvalue weighted by molar-refractivity contribution is -0.383. The number of thioether (sulfide) groups is 1. The summed E-state index contributed by atoms with van der Waals surface area (Å²) in [6, 6.07) is 5.27. The van der Waals surface area contributed by atoms with E-state index in [1.54, 1.807) is 23.9 Å². The summed E-state index contributed by atoms with van der Waals surface area (Å²) in [7, 11) is 0. The Balaban J connectivity index is 2.31. The van der Waals surface area contributed by atoms with E-state index in [1.807, 2.05) is 6.26 Å². The van der Waals surface area contributed by atoms with E-state index >= 15 is 0 Å². The maximum atomic E-state index is 10.9. The predicted molar refractivity (Wildman–Crippen MR) is 76.7 cm³/mol. The molecule has 102 valence electrons. The Hall–Kier alpha value is -1.76. The topological polar surface area (TPSA) is 81.2 Å². The molecule has 1 aromatic heterocycles. The molecule has 0 radical (unpaired) electrons. The van der Waals surface area contributed by atoms with Gasteiger partial charge < -0.3 is 9.73 Å². The van der Waals surface area contributed by atoms with Crippen LogP contribution in [-0.2, 0) is 0 Å². The minimum atomic E-state index is -0.451. The molecule has 0 saturated carbocycles. The van der Waals surface area contributed by atoms with Crippen molar-refractivity contribution in [3.05, 3.63) is 28.3 Å². The number of hydrogen-bond donors (Lipinski definition) is 1. The number of nitrogens with one attached hydrogen (secondary N) is 1. The van der Waals surface area contributed by atoms with Crippen molar-refractivity contribution in [1.29, 1.82) is 0 Å². The molecular weight excluding hydrogens is 266 g/mol. The van der Waals surface area contributed by atoms with Crippen molar-refractivity contribution in [3.8, 4) is 0 Å². The largest absolute Gasteiger partial charge is 0.423 e. The fourth-order valence-corrected chi connectivity index (χ4v) is 2.50. The molecule has 7 heteroatoms. The minimum absolute atomic E-state index is 0.0350. The molecule has 19 heavy (non-hydrogen) atoms. The van der Waals surface area contributed by atoms with Crippen LogP contribution in [0.2, 0.25) is 0 Å². The van der Waals surface area contributed by atoms with Gasteiger partial charge in [-0.05, 0) is 18.7 Å². The van der Waals surface area contributed by atoms with Gasteiger partial charge in [-0.25, -0.2) is 0 Å². The summed E-state index contributed by atoms with van der Waals surface area (Å²) in [4.78, 5) is 14.6. The number of nitro groups is 1. The molecule has 0 amide bonds. The molecule has 2 rings (SSSR count). The van der Waals surface area contributed by atoms with Crippen LogP contribution < -0.4 is 5.32 Å². The van der Waals surface area contributed by atoms with Gasteiger partial charge in [0.15, 0.2) is 11.1 Å². The Labute approximate surface area is 114 Å². The number of nitro benzene ring substituents is 1. The van der Waals surface area contributed by atoms with Crippen molar-refractivity contribution in [2.24, 2.45) is 0 Å². The number of hydrogen-bond acceptors (Lipinski definition) is 6. The Morgan fingerprint density at radius 3 is 3.00 bits per heavy atom. The van der Waals surface area contributed by atoms with Gasteiger partial charge in [-0.1, -0.05) is 13.0 Å². The Bertz CT molecular complexity index is 585. The van der Waals surface area contributed by atoms with Crippen LogP contribution in [0.15, 0.2) is 22.6 Å². The predicted octanol–water partition coefficient (Wildman–Crippen LogP) is 3.29. The van der Waals surface area contributed by atoms with E-state index in [1.165, 1.54) is 6.07 Å². The van der Waals surface area contributed by atoms with Crippen molar-refractivity contribution in [1.82, 2.24) is 4.98 Å². The lowest BCUT2D eigenvalue weighted by Crippen LogP contribution is -2.21. The third-order valence-corrected chi connectivity index (χ3v) is 3.52. The molecule has 1 aromatic carbocycles. The number of para-hydroxylation sites is 1. The van der Waals surface area contributed by atoms with E-state index in [-0.39, 0.29) is 17.2 Å². The van der Waals surface area contributed by atoms with E-state index in [9.17, 15) is 10.1 Å². The van der Waals surface area contributed by atoms with Crippen molar-refractivity contribution in [2.45, 2.75) is 19.4 Å². The van der Waals surface area contributed by atoms with E-state index in [0.29, 0.717) is 11.6 Å². The van der Waals surface area contributed by atoms with Crippen LogP contribution in [0.4, 0.5) is 11.7 Å². The van der Waals surface area contributed by atoms with E-state index in [0.717, 1.165) is 12.2 Å². The van der Waals surface area contributed by atoms with Gasteiger partial charge in [0, 0.05) is 17.9 Å². The summed E-state index contributed by atoms with van der Waals surface area (Å²) in [5.41, 5.74) is 0.678. The van der Waals surface area contributed by atoms with Gasteiger partial charge in [-0.15, -0.1) is 0 Å². The van der Waals surface area contributed by atoms with Crippen LogP contribution in [0.5, 0.6) is 0 Å². The van der Waals surface area contributed by atoms with E-state index in [4.69, 9.17) is 4.42 Å². The van der Waals surface area contributed by atoms with Crippen LogP contribution in [0, 0.1) is 10.1 Å². The number of fused-ring (bicyclic) bond motifs is 1. The maximum Gasteiger partial charge on any atom is 0.298 e. The lowest BCUT2D eigenvalue weighted by Gasteiger charge is -2.13. The average molecular weight is 281 g/mol. The Morgan fingerprint density at radius 2 is 2.37 bits per heavy atom. The SMILES string of the molecule is CCC(CSC)Nc1nc2c([N+](=O)[O-])cccc2o1. The molecule has 1 N–H and O–H groups in total. The van der Waals surface area contributed by atoms with Crippen molar-refractivity contribution in [2.75, 3.05) is 17.3 Å². The van der Waals surface area contributed by atoms with Crippen molar-refractivity contribution in [3.63, 3.8) is 0 Å². The molecule has 1 unspecified atom stereocenters. The molecule has 1 heterocycles. The number of nitrogens with zero attached hydrogens (tertiary/aromatic N) is 2. The molecule has 0 aliphatic heterocycles. The first-order valence-corrected chi connectivity index (χ1v) is 7.34. The monoisotopic (exact) mass is 281 g/mol. The summed E-state index contributed by atoms with van der Waals surface area (Å²) in [5, 5.41) is 14.1. The van der Waals surface area contributed by atoms with Gasteiger partial charge in [-0.2, -0.15) is 16.7 Å². The second-order valence-electron chi connectivity index (χ2n) is 4.10. The molecule has 0 spiro atoms. The smallest absolute Gasteiger partial charge is 0.298 e. The van der Waals surface area contributed by atoms with Crippen molar-refractivity contribution < 1.29 is 9.34 Å². The first-order valence-electron chi connectivity index (χ1n) is 5.95. The normalized spacial score (nSPS) is 12.5. The number of rotatable bonds is 6. The van der Waals surface area contributed by atoms with Crippen LogP contribution in [0.1, 0.15) is 13.3 Å². The summed E-state index contributed by atoms with van der Waals surface area (Å²) >= 11 is 1.73. The number of anilines is 1. The summed E-state index contributed by atoms with van der Waals surface area (Å²) < 4.78 is 5.50. The zero-order valence-corrected chi connectivity index (χ0v) is 11.6. The van der Waals surface area contributed by atoms with Gasteiger partial charge in [0.05, 0.1) is 4.92 Å². The molecule has 1 atom stereocenters. The van der Waals surface area contributed by atoms with Gasteiger partial charge in [0.1, 0.15) is 0 Å². The molecule has 0 saturated heterocycles. The average Bonchev–Trinajstić information content (AvgIpc) is 2.79. The highest BCUT2D eigenvalue weighted by atomic mass is 32.2. The molecule has 0 aliphatic carbocycles. The highest BCUT2D eigenvalue weighted by Gasteiger charge is 2.18. The molecule has 0 aliphatic rings. The van der Waals surface area contributed by atoms with Gasteiger partial charge in [-0.3, -0.25) is 10.1 Å². The summed E-state index contributed by atoms with van der Waals surface area (Å²) in [5.74, 6) is 0.928. The number of oxazole rings is 1. The Morgan fingerprint density at radius 1 is 1.58 bits per heavy atom. The summed E-state index contributed by atoms with van der Waals surface area (Å²) in [6.07, 6.45) is 2.96. The maximum absolute atomic E-state index is 10.9. The van der Waals surface area contributed by atoms with Crippen LogP contribution in [0.3, 0.4) is 0 Å². The fraction of sp³-hybridized carbons (Fsp3) is 0.417. The lowest BCUT2D eigenvalue weighted by atomic mass is 10.3. The fourth-order valence-electron chi connectivity index (χ4n) is 1.78. The highest BCUT2D eigenvalue weighted by Crippen LogP contribution is 2.27. The standard InChI is InChI=1S/C12H15N3O3S/c1-3-8(7-19-2)13-12-14-11-9(15(16)17)5-4-6-10(11)18-12/h4-6,8H,3,7H2,1-2H3,(H,13,14). The number of non-ortho nitro benzene ring substituents is 1. The third-order valence-electron chi connectivity index (χ3n) is 2.78. The quantitative estimate of drug-likeness (QED) is 0.646. The third kappa shape index (κ3) is 2.98. The molecular formula is C12H15N3O3S. The van der Waals surface area contributed by atoms with Gasteiger partial charge in [0.2, 0.25) is 0 Å². The Kier molecular flexibility index (Phi) is 4.26. The second kappa shape index (κ2) is 5.92. The first kappa shape index (κ1) is 13.7. The molecule has 6 nitrogen and oxygen atoms in total. The van der Waals surface area contributed by atoms with Gasteiger partial charge in [0.25, 0.3) is 11.7 Å². The molecule has 2 aromatic rings. The number of aromatic nitrogens is 1. The number of benzene rings is 1. The van der Waals surface area contributed by atoms with E-state index < -0.39 is 4.92 Å². The second-order valence-corrected chi connectivity index (χ2v) is 5.02. The molecule has 0 fully saturated rings. The van der Waals surface area contributed by atoms with E-state index in [2.05, 4.69) is 17.2 Å². The van der Waals surface area contributed by atoms with Gasteiger partial charge >= 0.3 is 0 Å².